The molecule has 0 radical (unpaired) electrons. The number of anilines is 1. The quantitative estimate of drug-likeness (QED) is 0.929. The Bertz CT molecular complexity index is 815. The van der Waals surface area contributed by atoms with Crippen molar-refractivity contribution in [1.29, 1.82) is 5.26 Å². The number of methoxy groups -OCH3 is 3. The summed E-state index contributed by atoms with van der Waals surface area (Å²) in [5, 5.41) is 9.59. The molecule has 0 saturated heterocycles. The number of ether oxygens (including phenoxy) is 3. The van der Waals surface area contributed by atoms with Gasteiger partial charge in [0.25, 0.3) is 0 Å². The minimum atomic E-state index is 0.266. The SMILES string of the molecule is COc1cc(-c2c(C#N)c(N)nc3c2CCC3)cc(OC)c1OC. The summed E-state index contributed by atoms with van der Waals surface area (Å²) < 4.78 is 16.2. The summed E-state index contributed by atoms with van der Waals surface area (Å²) in [4.78, 5) is 4.40. The van der Waals surface area contributed by atoms with Crippen molar-refractivity contribution in [3.8, 4) is 34.4 Å². The van der Waals surface area contributed by atoms with Gasteiger partial charge in [-0.1, -0.05) is 0 Å². The van der Waals surface area contributed by atoms with Crippen molar-refractivity contribution in [3.05, 3.63) is 29.0 Å². The second-order valence-electron chi connectivity index (χ2n) is 5.55. The van der Waals surface area contributed by atoms with E-state index in [0.717, 1.165) is 41.6 Å². The average Bonchev–Trinajstić information content (AvgIpc) is 3.06. The largest absolute Gasteiger partial charge is 0.493 e. The van der Waals surface area contributed by atoms with Crippen LogP contribution in [0.4, 0.5) is 5.82 Å². The topological polar surface area (TPSA) is 90.4 Å². The molecule has 24 heavy (non-hydrogen) atoms. The van der Waals surface area contributed by atoms with Crippen molar-refractivity contribution >= 4 is 5.82 Å². The highest BCUT2D eigenvalue weighted by molar-refractivity contribution is 5.82. The normalized spacial score (nSPS) is 12.4. The molecule has 6 nitrogen and oxygen atoms in total. The van der Waals surface area contributed by atoms with Gasteiger partial charge in [0.1, 0.15) is 17.5 Å². The third kappa shape index (κ3) is 2.38. The lowest BCUT2D eigenvalue weighted by atomic mass is 9.94. The number of aryl methyl sites for hydroxylation is 1. The number of nitrogen functional groups attached to an aromatic ring is 1. The Hall–Kier alpha value is -2.94. The van der Waals surface area contributed by atoms with Crippen LogP contribution in [0.3, 0.4) is 0 Å². The van der Waals surface area contributed by atoms with Crippen molar-refractivity contribution < 1.29 is 14.2 Å². The molecule has 1 aromatic carbocycles. The number of hydrogen-bond donors (Lipinski definition) is 1. The van der Waals surface area contributed by atoms with Gasteiger partial charge in [-0.3, -0.25) is 0 Å². The molecule has 124 valence electrons. The van der Waals surface area contributed by atoms with E-state index in [1.54, 1.807) is 21.3 Å². The molecular formula is C18H19N3O3. The fourth-order valence-corrected chi connectivity index (χ4v) is 3.26. The summed E-state index contributed by atoms with van der Waals surface area (Å²) in [6.45, 7) is 0. The van der Waals surface area contributed by atoms with Crippen molar-refractivity contribution in [3.63, 3.8) is 0 Å². The molecule has 6 heteroatoms. The number of hydrogen-bond acceptors (Lipinski definition) is 6. The standard InChI is InChI=1S/C18H19N3O3/c1-22-14-7-10(8-15(23-2)17(14)24-3)16-11-5-4-6-13(11)21-18(20)12(16)9-19/h7-8H,4-6H2,1-3H3,(H2,20,21). The Morgan fingerprint density at radius 2 is 1.75 bits per heavy atom. The monoisotopic (exact) mass is 325 g/mol. The first kappa shape index (κ1) is 15.9. The molecule has 0 atom stereocenters. The number of rotatable bonds is 4. The molecule has 0 aliphatic heterocycles. The fraction of sp³-hybridized carbons (Fsp3) is 0.333. The molecule has 1 aromatic heterocycles. The van der Waals surface area contributed by atoms with Gasteiger partial charge in [-0.25, -0.2) is 4.98 Å². The third-order valence-corrected chi connectivity index (χ3v) is 4.32. The molecule has 2 aromatic rings. The molecule has 2 N–H and O–H groups in total. The Labute approximate surface area is 140 Å². The summed E-state index contributed by atoms with van der Waals surface area (Å²) in [7, 11) is 4.69. The van der Waals surface area contributed by atoms with E-state index in [1.165, 1.54) is 0 Å². The number of benzene rings is 1. The fourth-order valence-electron chi connectivity index (χ4n) is 3.26. The highest BCUT2D eigenvalue weighted by atomic mass is 16.5. The van der Waals surface area contributed by atoms with Crippen molar-refractivity contribution in [2.45, 2.75) is 19.3 Å². The second kappa shape index (κ2) is 6.28. The minimum absolute atomic E-state index is 0.266. The number of aromatic nitrogens is 1. The van der Waals surface area contributed by atoms with Gasteiger partial charge in [0.15, 0.2) is 11.5 Å². The maximum absolute atomic E-state index is 9.59. The predicted molar refractivity (Wildman–Crippen MR) is 90.5 cm³/mol. The first-order valence-electron chi connectivity index (χ1n) is 7.66. The zero-order valence-electron chi connectivity index (χ0n) is 14.0. The van der Waals surface area contributed by atoms with Crippen LogP contribution < -0.4 is 19.9 Å². The zero-order valence-corrected chi connectivity index (χ0v) is 14.0. The lowest BCUT2D eigenvalue weighted by Crippen LogP contribution is -2.04. The number of fused-ring (bicyclic) bond motifs is 1. The molecule has 0 saturated carbocycles. The smallest absolute Gasteiger partial charge is 0.203 e. The summed E-state index contributed by atoms with van der Waals surface area (Å²) in [6.07, 6.45) is 2.76. The van der Waals surface area contributed by atoms with E-state index in [4.69, 9.17) is 19.9 Å². The van der Waals surface area contributed by atoms with E-state index >= 15 is 0 Å². The number of nitrogens with zero attached hydrogens (tertiary/aromatic N) is 2. The highest BCUT2D eigenvalue weighted by Gasteiger charge is 2.25. The summed E-state index contributed by atoms with van der Waals surface area (Å²) in [6, 6.07) is 5.88. The zero-order chi connectivity index (χ0) is 17.3. The molecule has 0 fully saturated rings. The Kier molecular flexibility index (Phi) is 4.17. The van der Waals surface area contributed by atoms with E-state index in [-0.39, 0.29) is 5.82 Å². The number of nitriles is 1. The summed E-state index contributed by atoms with van der Waals surface area (Å²) in [5.41, 5.74) is 10.1. The van der Waals surface area contributed by atoms with Gasteiger partial charge in [-0.15, -0.1) is 0 Å². The molecule has 0 amide bonds. The summed E-state index contributed by atoms with van der Waals surface area (Å²) in [5.74, 6) is 1.86. The second-order valence-corrected chi connectivity index (χ2v) is 5.55. The van der Waals surface area contributed by atoms with Crippen LogP contribution in [0.25, 0.3) is 11.1 Å². The lowest BCUT2D eigenvalue weighted by molar-refractivity contribution is 0.324. The molecule has 0 unspecified atom stereocenters. The molecule has 0 spiro atoms. The van der Waals surface area contributed by atoms with Gasteiger partial charge in [-0.2, -0.15) is 5.26 Å². The van der Waals surface area contributed by atoms with E-state index in [2.05, 4.69) is 11.1 Å². The van der Waals surface area contributed by atoms with Crippen molar-refractivity contribution in [2.75, 3.05) is 27.1 Å². The molecule has 3 rings (SSSR count). The van der Waals surface area contributed by atoms with E-state index in [1.807, 2.05) is 12.1 Å². The van der Waals surface area contributed by atoms with Crippen LogP contribution in [-0.2, 0) is 12.8 Å². The van der Waals surface area contributed by atoms with Gasteiger partial charge in [0.05, 0.1) is 21.3 Å². The van der Waals surface area contributed by atoms with E-state index < -0.39 is 0 Å². The van der Waals surface area contributed by atoms with Crippen LogP contribution in [-0.4, -0.2) is 26.3 Å². The Morgan fingerprint density at radius 1 is 1.08 bits per heavy atom. The van der Waals surface area contributed by atoms with Gasteiger partial charge in [0, 0.05) is 11.3 Å². The number of pyridine rings is 1. The first-order chi connectivity index (χ1) is 11.6. The molecule has 1 aliphatic rings. The molecule has 0 bridgehead atoms. The predicted octanol–water partition coefficient (Wildman–Crippen LogP) is 2.72. The van der Waals surface area contributed by atoms with E-state index in [9.17, 15) is 5.26 Å². The molecular weight excluding hydrogens is 306 g/mol. The maximum Gasteiger partial charge on any atom is 0.203 e. The van der Waals surface area contributed by atoms with Gasteiger partial charge in [0.2, 0.25) is 5.75 Å². The van der Waals surface area contributed by atoms with Crippen LogP contribution >= 0.6 is 0 Å². The van der Waals surface area contributed by atoms with Crippen LogP contribution in [0.2, 0.25) is 0 Å². The van der Waals surface area contributed by atoms with Crippen LogP contribution in [0.15, 0.2) is 12.1 Å². The van der Waals surface area contributed by atoms with E-state index in [0.29, 0.717) is 22.8 Å². The molecule has 1 heterocycles. The van der Waals surface area contributed by atoms with Crippen molar-refractivity contribution in [2.24, 2.45) is 0 Å². The van der Waals surface area contributed by atoms with Crippen LogP contribution in [0.1, 0.15) is 23.2 Å². The minimum Gasteiger partial charge on any atom is -0.493 e. The van der Waals surface area contributed by atoms with Gasteiger partial charge >= 0.3 is 0 Å². The van der Waals surface area contributed by atoms with Crippen molar-refractivity contribution in [1.82, 2.24) is 4.98 Å². The highest BCUT2D eigenvalue weighted by Crippen LogP contribution is 2.44. The number of nitrogens with two attached hydrogens (primary N) is 1. The average molecular weight is 325 g/mol. The maximum atomic E-state index is 9.59. The Morgan fingerprint density at radius 3 is 2.29 bits per heavy atom. The van der Waals surface area contributed by atoms with Gasteiger partial charge in [-0.05, 0) is 42.5 Å². The van der Waals surface area contributed by atoms with Gasteiger partial charge < -0.3 is 19.9 Å². The molecule has 1 aliphatic carbocycles. The first-order valence-corrected chi connectivity index (χ1v) is 7.66. The Balaban J connectivity index is 2.33. The third-order valence-electron chi connectivity index (χ3n) is 4.32. The lowest BCUT2D eigenvalue weighted by Gasteiger charge is -2.17. The van der Waals surface area contributed by atoms with Crippen LogP contribution in [0, 0.1) is 11.3 Å². The van der Waals surface area contributed by atoms with Crippen LogP contribution in [0.5, 0.6) is 17.2 Å². The summed E-state index contributed by atoms with van der Waals surface area (Å²) >= 11 is 0.